The second-order valence-electron chi connectivity index (χ2n) is 4.56. The number of imidazole rings is 1. The molecule has 0 radical (unpaired) electrons. The smallest absolute Gasteiger partial charge is 0.299 e. The fourth-order valence-corrected chi connectivity index (χ4v) is 2.58. The van der Waals surface area contributed by atoms with Crippen LogP contribution in [0.4, 0.5) is 0 Å². The zero-order valence-electron chi connectivity index (χ0n) is 11.6. The molecule has 5 nitrogen and oxygen atoms in total. The van der Waals surface area contributed by atoms with Gasteiger partial charge in [-0.15, -0.1) is 0 Å². The first-order valence-electron chi connectivity index (χ1n) is 6.55. The van der Waals surface area contributed by atoms with Crippen LogP contribution in [0.2, 0.25) is 0 Å². The molecule has 0 aromatic carbocycles. The van der Waals surface area contributed by atoms with Crippen molar-refractivity contribution in [3.63, 3.8) is 0 Å². The monoisotopic (exact) mass is 326 g/mol. The van der Waals surface area contributed by atoms with E-state index in [1.165, 1.54) is 0 Å². The maximum Gasteiger partial charge on any atom is 0.328 e. The van der Waals surface area contributed by atoms with Crippen LogP contribution in [0.25, 0.3) is 0 Å². The highest BCUT2D eigenvalue weighted by Crippen LogP contribution is 2.21. The van der Waals surface area contributed by atoms with Crippen LogP contribution in [-0.4, -0.2) is 18.9 Å². The number of aryl methyl sites for hydroxylation is 3. The van der Waals surface area contributed by atoms with Crippen LogP contribution in [-0.2, 0) is 19.6 Å². The van der Waals surface area contributed by atoms with Gasteiger partial charge in [-0.25, -0.2) is 4.79 Å². The minimum Gasteiger partial charge on any atom is -0.299 e. The van der Waals surface area contributed by atoms with Gasteiger partial charge in [0.25, 0.3) is 0 Å². The molecule has 6 heteroatoms. The summed E-state index contributed by atoms with van der Waals surface area (Å²) >= 11 is 3.56. The first kappa shape index (κ1) is 14.1. The maximum absolute atomic E-state index is 12.2. The summed E-state index contributed by atoms with van der Waals surface area (Å²) in [4.78, 5) is 12.2. The quantitative estimate of drug-likeness (QED) is 0.846. The molecule has 0 unspecified atom stereocenters. The van der Waals surface area contributed by atoms with Gasteiger partial charge in [0.2, 0.25) is 0 Å². The van der Waals surface area contributed by atoms with E-state index in [9.17, 15) is 4.79 Å². The molecule has 104 valence electrons. The van der Waals surface area contributed by atoms with E-state index >= 15 is 0 Å². The van der Waals surface area contributed by atoms with Crippen molar-refractivity contribution >= 4 is 15.9 Å². The van der Waals surface area contributed by atoms with Gasteiger partial charge in [0.15, 0.2) is 0 Å². The van der Waals surface area contributed by atoms with E-state index in [1.54, 1.807) is 9.13 Å². The van der Waals surface area contributed by atoms with Crippen LogP contribution in [0.1, 0.15) is 31.7 Å². The molecule has 0 aliphatic carbocycles. The Morgan fingerprint density at radius 3 is 2.58 bits per heavy atom. The molecule has 0 saturated heterocycles. The molecule has 0 bridgehead atoms. The van der Waals surface area contributed by atoms with Crippen LogP contribution in [0.5, 0.6) is 0 Å². The number of aromatic nitrogens is 4. The number of hydrogen-bond acceptors (Lipinski definition) is 2. The summed E-state index contributed by atoms with van der Waals surface area (Å²) in [5.41, 5.74) is 2.03. The molecule has 0 spiro atoms. The van der Waals surface area contributed by atoms with Crippen molar-refractivity contribution < 1.29 is 0 Å². The summed E-state index contributed by atoms with van der Waals surface area (Å²) in [6.07, 6.45) is 4.64. The summed E-state index contributed by atoms with van der Waals surface area (Å²) in [6.45, 7) is 8.18. The van der Waals surface area contributed by atoms with Crippen molar-refractivity contribution in [2.75, 3.05) is 0 Å². The molecule has 2 aromatic heterocycles. The summed E-state index contributed by atoms with van der Waals surface area (Å²) in [7, 11) is 0. The standard InChI is InChI=1S/C13H19BrN4O/c1-4-6-16-7-8-17(13(16)19)9-11-12(14)10(3)15-18(11)5-2/h7-8H,4-6,9H2,1-3H3. The predicted molar refractivity (Wildman–Crippen MR) is 78.4 cm³/mol. The third kappa shape index (κ3) is 2.68. The van der Waals surface area contributed by atoms with Gasteiger partial charge in [-0.2, -0.15) is 5.10 Å². The van der Waals surface area contributed by atoms with E-state index in [2.05, 4.69) is 28.0 Å². The van der Waals surface area contributed by atoms with Crippen molar-refractivity contribution in [3.8, 4) is 0 Å². The number of rotatable bonds is 5. The van der Waals surface area contributed by atoms with Crippen molar-refractivity contribution in [2.24, 2.45) is 0 Å². The fraction of sp³-hybridized carbons (Fsp3) is 0.538. The molecule has 0 amide bonds. The molecular formula is C13H19BrN4O. The highest BCUT2D eigenvalue weighted by molar-refractivity contribution is 9.10. The SMILES string of the molecule is CCCn1ccn(Cc2c(Br)c(C)nn2CC)c1=O. The van der Waals surface area contributed by atoms with Gasteiger partial charge in [-0.1, -0.05) is 6.92 Å². The van der Waals surface area contributed by atoms with E-state index in [0.717, 1.165) is 35.4 Å². The summed E-state index contributed by atoms with van der Waals surface area (Å²) in [5.74, 6) is 0. The van der Waals surface area contributed by atoms with E-state index < -0.39 is 0 Å². The molecule has 0 atom stereocenters. The van der Waals surface area contributed by atoms with Crippen LogP contribution in [0.3, 0.4) is 0 Å². The number of halogens is 1. The molecule has 0 fully saturated rings. The third-order valence-corrected chi connectivity index (χ3v) is 4.19. The number of hydrogen-bond donors (Lipinski definition) is 0. The fourth-order valence-electron chi connectivity index (χ4n) is 2.17. The Morgan fingerprint density at radius 2 is 1.95 bits per heavy atom. The van der Waals surface area contributed by atoms with Gasteiger partial charge in [-0.3, -0.25) is 13.8 Å². The van der Waals surface area contributed by atoms with Crippen molar-refractivity contribution in [1.82, 2.24) is 18.9 Å². The highest BCUT2D eigenvalue weighted by atomic mass is 79.9. The lowest BCUT2D eigenvalue weighted by molar-refractivity contribution is 0.576. The van der Waals surface area contributed by atoms with E-state index in [4.69, 9.17) is 0 Å². The van der Waals surface area contributed by atoms with E-state index in [-0.39, 0.29) is 5.69 Å². The van der Waals surface area contributed by atoms with Gasteiger partial charge >= 0.3 is 5.69 Å². The Balaban J connectivity index is 2.34. The minimum atomic E-state index is 0.0373. The molecule has 0 N–H and O–H groups in total. The van der Waals surface area contributed by atoms with E-state index in [0.29, 0.717) is 6.54 Å². The topological polar surface area (TPSA) is 44.8 Å². The van der Waals surface area contributed by atoms with Crippen LogP contribution < -0.4 is 5.69 Å². The van der Waals surface area contributed by atoms with Crippen LogP contribution in [0.15, 0.2) is 21.7 Å². The molecule has 2 aromatic rings. The van der Waals surface area contributed by atoms with E-state index in [1.807, 2.05) is 30.9 Å². The summed E-state index contributed by atoms with van der Waals surface area (Å²) < 4.78 is 6.39. The Bertz CT molecular complexity index is 623. The average Bonchev–Trinajstić information content (AvgIpc) is 2.87. The largest absolute Gasteiger partial charge is 0.328 e. The van der Waals surface area contributed by atoms with Gasteiger partial charge in [-0.05, 0) is 36.2 Å². The lowest BCUT2D eigenvalue weighted by atomic mass is 10.3. The Kier molecular flexibility index (Phi) is 4.29. The van der Waals surface area contributed by atoms with Gasteiger partial charge in [0.05, 0.1) is 22.4 Å². The maximum atomic E-state index is 12.2. The number of nitrogens with zero attached hydrogens (tertiary/aromatic N) is 4. The summed E-state index contributed by atoms with van der Waals surface area (Å²) in [6, 6.07) is 0. The first-order valence-corrected chi connectivity index (χ1v) is 7.35. The zero-order valence-corrected chi connectivity index (χ0v) is 13.1. The Hall–Kier alpha value is -1.30. The van der Waals surface area contributed by atoms with Crippen molar-refractivity contribution in [2.45, 2.75) is 46.8 Å². The highest BCUT2D eigenvalue weighted by Gasteiger charge is 2.14. The minimum absolute atomic E-state index is 0.0373. The van der Waals surface area contributed by atoms with Gasteiger partial charge < -0.3 is 0 Å². The lowest BCUT2D eigenvalue weighted by Gasteiger charge is -2.06. The average molecular weight is 327 g/mol. The molecule has 19 heavy (non-hydrogen) atoms. The lowest BCUT2D eigenvalue weighted by Crippen LogP contribution is -2.25. The third-order valence-electron chi connectivity index (χ3n) is 3.16. The zero-order chi connectivity index (χ0) is 14.0. The van der Waals surface area contributed by atoms with Gasteiger partial charge in [0, 0.05) is 25.5 Å². The predicted octanol–water partition coefficient (Wildman–Crippen LogP) is 2.40. The Morgan fingerprint density at radius 1 is 1.26 bits per heavy atom. The van der Waals surface area contributed by atoms with Crippen LogP contribution >= 0.6 is 15.9 Å². The molecular weight excluding hydrogens is 308 g/mol. The molecule has 2 rings (SSSR count). The Labute approximate surface area is 121 Å². The normalized spacial score (nSPS) is 11.2. The molecule has 2 heterocycles. The molecule has 0 aliphatic heterocycles. The first-order chi connectivity index (χ1) is 9.08. The van der Waals surface area contributed by atoms with Crippen molar-refractivity contribution in [1.29, 1.82) is 0 Å². The van der Waals surface area contributed by atoms with Gasteiger partial charge in [0.1, 0.15) is 0 Å². The molecule has 0 saturated carbocycles. The van der Waals surface area contributed by atoms with Crippen molar-refractivity contribution in [3.05, 3.63) is 38.7 Å². The molecule has 0 aliphatic rings. The second-order valence-corrected chi connectivity index (χ2v) is 5.36. The summed E-state index contributed by atoms with van der Waals surface area (Å²) in [5, 5.41) is 4.45. The van der Waals surface area contributed by atoms with Crippen LogP contribution in [0, 0.1) is 6.92 Å². The second kappa shape index (κ2) is 5.77.